The number of Topliss-reactive ketones (excluding diaryl/α,β-unsaturated/α-hetero) is 1. The quantitative estimate of drug-likeness (QED) is 0.587. The van der Waals surface area contributed by atoms with Crippen LogP contribution in [0.1, 0.15) is 32.7 Å². The lowest BCUT2D eigenvalue weighted by Gasteiger charge is -2.17. The number of nitrogens with zero attached hydrogens (tertiary/aromatic N) is 1. The topological polar surface area (TPSA) is 115 Å². The molecule has 0 aliphatic carbocycles. The Hall–Kier alpha value is -3.74. The maximum Gasteiger partial charge on any atom is 0.287 e. The Morgan fingerprint density at radius 2 is 1.67 bits per heavy atom. The first-order valence-electron chi connectivity index (χ1n) is 9.49. The van der Waals surface area contributed by atoms with Crippen molar-refractivity contribution in [2.45, 2.75) is 33.2 Å². The smallest absolute Gasteiger partial charge is 0.287 e. The number of aromatic nitrogens is 1. The average molecular weight is 405 g/mol. The van der Waals surface area contributed by atoms with E-state index < -0.39 is 23.6 Å². The second-order valence-corrected chi connectivity index (χ2v) is 7.29. The van der Waals surface area contributed by atoms with Gasteiger partial charge in [-0.05, 0) is 26.3 Å². The highest BCUT2D eigenvalue weighted by Gasteiger charge is 2.29. The number of primary amides is 1. The van der Waals surface area contributed by atoms with Gasteiger partial charge in [0.2, 0.25) is 5.78 Å². The van der Waals surface area contributed by atoms with Crippen molar-refractivity contribution in [3.05, 3.63) is 76.5 Å². The lowest BCUT2D eigenvalue weighted by molar-refractivity contribution is -0.137. The second kappa shape index (κ2) is 8.73. The summed E-state index contributed by atoms with van der Waals surface area (Å²) in [6.45, 7) is 5.51. The summed E-state index contributed by atoms with van der Waals surface area (Å²) in [6.07, 6.45) is 0.140. The normalized spacial score (nSPS) is 11.7. The van der Waals surface area contributed by atoms with Crippen molar-refractivity contribution in [1.82, 2.24) is 10.5 Å². The molecule has 1 aromatic heterocycles. The highest BCUT2D eigenvalue weighted by molar-refractivity contribution is 6.38. The molecule has 0 bridgehead atoms. The minimum atomic E-state index is -1.10. The van der Waals surface area contributed by atoms with Gasteiger partial charge in [-0.3, -0.25) is 14.4 Å². The number of carbonyl (C=O) groups is 3. The number of amides is 2. The van der Waals surface area contributed by atoms with Crippen LogP contribution in [0.4, 0.5) is 0 Å². The maximum atomic E-state index is 13.1. The Bertz CT molecular complexity index is 1080. The first kappa shape index (κ1) is 21.0. The van der Waals surface area contributed by atoms with E-state index in [0.29, 0.717) is 17.0 Å². The average Bonchev–Trinajstić information content (AvgIpc) is 3.08. The van der Waals surface area contributed by atoms with E-state index >= 15 is 0 Å². The molecule has 2 aromatic carbocycles. The largest absolute Gasteiger partial charge is 0.363 e. The summed E-state index contributed by atoms with van der Waals surface area (Å²) in [5.74, 6) is -2.23. The van der Waals surface area contributed by atoms with Crippen LogP contribution in [-0.2, 0) is 16.0 Å². The number of hydrogen-bond donors (Lipinski definition) is 2. The molecule has 2 amide bonds. The zero-order chi connectivity index (χ0) is 21.8. The van der Waals surface area contributed by atoms with Crippen LogP contribution in [0.2, 0.25) is 0 Å². The van der Waals surface area contributed by atoms with Gasteiger partial charge in [-0.1, -0.05) is 64.8 Å². The molecule has 0 fully saturated rings. The van der Waals surface area contributed by atoms with Gasteiger partial charge in [-0.2, -0.15) is 0 Å². The predicted octanol–water partition coefficient (Wildman–Crippen LogP) is 2.66. The van der Waals surface area contributed by atoms with Gasteiger partial charge in [0.05, 0.1) is 5.69 Å². The molecular weight excluding hydrogens is 382 g/mol. The van der Waals surface area contributed by atoms with Crippen molar-refractivity contribution < 1.29 is 18.9 Å². The van der Waals surface area contributed by atoms with Crippen molar-refractivity contribution in [1.29, 1.82) is 0 Å². The molecule has 0 saturated heterocycles. The molecule has 3 aromatic rings. The van der Waals surface area contributed by atoms with Gasteiger partial charge in [0.15, 0.2) is 5.76 Å². The molecule has 0 spiro atoms. The fourth-order valence-corrected chi connectivity index (χ4v) is 3.46. The van der Waals surface area contributed by atoms with Crippen LogP contribution in [0, 0.1) is 20.8 Å². The van der Waals surface area contributed by atoms with Crippen LogP contribution in [-0.4, -0.2) is 28.8 Å². The van der Waals surface area contributed by atoms with Crippen molar-refractivity contribution >= 4 is 17.6 Å². The zero-order valence-electron chi connectivity index (χ0n) is 17.1. The monoisotopic (exact) mass is 405 g/mol. The number of rotatable bonds is 7. The van der Waals surface area contributed by atoms with E-state index in [2.05, 4.69) is 10.5 Å². The number of aryl methyl sites for hydroxylation is 3. The van der Waals surface area contributed by atoms with Crippen LogP contribution >= 0.6 is 0 Å². The number of ketones is 1. The van der Waals surface area contributed by atoms with E-state index in [9.17, 15) is 14.4 Å². The molecule has 7 nitrogen and oxygen atoms in total. The molecule has 1 atom stereocenters. The molecule has 1 heterocycles. The van der Waals surface area contributed by atoms with Gasteiger partial charge in [0.1, 0.15) is 11.6 Å². The van der Waals surface area contributed by atoms with E-state index in [1.807, 2.05) is 50.2 Å². The molecule has 1 unspecified atom stereocenters. The molecule has 3 N–H and O–H groups in total. The Kier molecular flexibility index (Phi) is 6.11. The third kappa shape index (κ3) is 4.63. The van der Waals surface area contributed by atoms with Crippen LogP contribution < -0.4 is 11.1 Å². The fraction of sp³-hybridized carbons (Fsp3) is 0.217. The zero-order valence-corrected chi connectivity index (χ0v) is 17.1. The van der Waals surface area contributed by atoms with Gasteiger partial charge in [-0.25, -0.2) is 0 Å². The van der Waals surface area contributed by atoms with Crippen molar-refractivity contribution in [3.8, 4) is 11.3 Å². The fourth-order valence-electron chi connectivity index (χ4n) is 3.46. The van der Waals surface area contributed by atoms with E-state index in [1.165, 1.54) is 0 Å². The molecule has 30 heavy (non-hydrogen) atoms. The standard InChI is InChI=1S/C23H23N3O4/c1-13-9-14(2)11-16(10-13)12-18(20(27)22(24)28)25-23(29)19-15(3)26-30-21(19)17-7-5-4-6-8-17/h4-11,18H,12H2,1-3H3,(H2,24,28)(H,25,29). The number of nitrogens with two attached hydrogens (primary N) is 1. The number of benzene rings is 2. The highest BCUT2D eigenvalue weighted by atomic mass is 16.5. The summed E-state index contributed by atoms with van der Waals surface area (Å²) in [5, 5.41) is 6.55. The predicted molar refractivity (Wildman–Crippen MR) is 112 cm³/mol. The third-order valence-corrected chi connectivity index (χ3v) is 4.71. The first-order valence-corrected chi connectivity index (χ1v) is 9.49. The van der Waals surface area contributed by atoms with Crippen LogP contribution in [0.15, 0.2) is 53.1 Å². The lowest BCUT2D eigenvalue weighted by Crippen LogP contribution is -2.47. The van der Waals surface area contributed by atoms with Crippen molar-refractivity contribution in [2.24, 2.45) is 5.73 Å². The molecule has 154 valence electrons. The molecule has 0 aliphatic rings. The van der Waals surface area contributed by atoms with Crippen LogP contribution in [0.25, 0.3) is 11.3 Å². The molecule has 7 heteroatoms. The summed E-state index contributed by atoms with van der Waals surface area (Å²) >= 11 is 0. The van der Waals surface area contributed by atoms with E-state index in [-0.39, 0.29) is 12.0 Å². The second-order valence-electron chi connectivity index (χ2n) is 7.29. The minimum absolute atomic E-state index is 0.140. The number of hydrogen-bond acceptors (Lipinski definition) is 5. The van der Waals surface area contributed by atoms with Crippen LogP contribution in [0.3, 0.4) is 0 Å². The highest BCUT2D eigenvalue weighted by Crippen LogP contribution is 2.26. The van der Waals surface area contributed by atoms with Crippen LogP contribution in [0.5, 0.6) is 0 Å². The van der Waals surface area contributed by atoms with E-state index in [4.69, 9.17) is 10.3 Å². The SMILES string of the molecule is Cc1cc(C)cc(CC(NC(=O)c2c(C)noc2-c2ccccc2)C(=O)C(N)=O)c1. The molecule has 0 saturated carbocycles. The summed E-state index contributed by atoms with van der Waals surface area (Å²) in [5.41, 5.74) is 9.34. The van der Waals surface area contributed by atoms with Gasteiger partial charge < -0.3 is 15.6 Å². The Morgan fingerprint density at radius 1 is 1.03 bits per heavy atom. The third-order valence-electron chi connectivity index (χ3n) is 4.71. The molecule has 3 rings (SSSR count). The Morgan fingerprint density at radius 3 is 2.27 bits per heavy atom. The Labute approximate surface area is 174 Å². The number of nitrogens with one attached hydrogen (secondary N) is 1. The first-order chi connectivity index (χ1) is 14.3. The summed E-state index contributed by atoms with van der Waals surface area (Å²) < 4.78 is 5.35. The Balaban J connectivity index is 1.92. The van der Waals surface area contributed by atoms with Crippen molar-refractivity contribution in [2.75, 3.05) is 0 Å². The van der Waals surface area contributed by atoms with Gasteiger partial charge in [-0.15, -0.1) is 0 Å². The van der Waals surface area contributed by atoms with E-state index in [0.717, 1.165) is 16.7 Å². The maximum absolute atomic E-state index is 13.1. The summed E-state index contributed by atoms with van der Waals surface area (Å²) in [6, 6.07) is 13.8. The molecular formula is C23H23N3O4. The van der Waals surface area contributed by atoms with Gasteiger partial charge >= 0.3 is 0 Å². The summed E-state index contributed by atoms with van der Waals surface area (Å²) in [7, 11) is 0. The molecule has 0 aliphatic heterocycles. The summed E-state index contributed by atoms with van der Waals surface area (Å²) in [4.78, 5) is 37.1. The van der Waals surface area contributed by atoms with Gasteiger partial charge in [0, 0.05) is 12.0 Å². The number of carbonyl (C=O) groups excluding carboxylic acids is 3. The molecule has 0 radical (unpaired) electrons. The van der Waals surface area contributed by atoms with Gasteiger partial charge in [0.25, 0.3) is 11.8 Å². The van der Waals surface area contributed by atoms with E-state index in [1.54, 1.807) is 19.1 Å². The van der Waals surface area contributed by atoms with Crippen molar-refractivity contribution in [3.63, 3.8) is 0 Å². The minimum Gasteiger partial charge on any atom is -0.363 e. The lowest BCUT2D eigenvalue weighted by atomic mass is 9.98.